The van der Waals surface area contributed by atoms with E-state index in [-0.39, 0.29) is 0 Å². The van der Waals surface area contributed by atoms with Crippen molar-refractivity contribution < 1.29 is 0 Å². The molecule has 1 heterocycles. The number of nitrogens with zero attached hydrogens (tertiary/aromatic N) is 2. The molecule has 0 saturated carbocycles. The van der Waals surface area contributed by atoms with E-state index in [0.29, 0.717) is 12.0 Å². The molecular formula is C15H23N3. The molecule has 0 aliphatic carbocycles. The molecule has 0 bridgehead atoms. The van der Waals surface area contributed by atoms with Gasteiger partial charge in [-0.3, -0.25) is 0 Å². The lowest BCUT2D eigenvalue weighted by atomic mass is 9.99. The van der Waals surface area contributed by atoms with Crippen molar-refractivity contribution in [2.24, 2.45) is 5.92 Å². The SMILES string of the molecule is CCC(C)C(Cn1c(C)nc2ccccc21)NC. The highest BCUT2D eigenvalue weighted by Gasteiger charge is 2.16. The number of rotatable bonds is 5. The molecule has 1 aromatic heterocycles. The van der Waals surface area contributed by atoms with Crippen molar-refractivity contribution in [3.05, 3.63) is 30.1 Å². The molecule has 2 atom stereocenters. The van der Waals surface area contributed by atoms with Gasteiger partial charge >= 0.3 is 0 Å². The van der Waals surface area contributed by atoms with Crippen molar-refractivity contribution in [3.8, 4) is 0 Å². The Morgan fingerprint density at radius 1 is 1.33 bits per heavy atom. The van der Waals surface area contributed by atoms with Crippen LogP contribution in [0.5, 0.6) is 0 Å². The van der Waals surface area contributed by atoms with Gasteiger partial charge in [-0.2, -0.15) is 0 Å². The van der Waals surface area contributed by atoms with Crippen LogP contribution >= 0.6 is 0 Å². The van der Waals surface area contributed by atoms with Gasteiger partial charge in [-0.15, -0.1) is 0 Å². The van der Waals surface area contributed by atoms with Crippen LogP contribution in [0.3, 0.4) is 0 Å². The summed E-state index contributed by atoms with van der Waals surface area (Å²) in [7, 11) is 2.05. The first-order valence-electron chi connectivity index (χ1n) is 6.76. The topological polar surface area (TPSA) is 29.9 Å². The highest BCUT2D eigenvalue weighted by atomic mass is 15.1. The Balaban J connectivity index is 2.33. The van der Waals surface area contributed by atoms with Crippen molar-refractivity contribution in [2.75, 3.05) is 7.05 Å². The minimum Gasteiger partial charge on any atom is -0.327 e. The summed E-state index contributed by atoms with van der Waals surface area (Å²) in [6, 6.07) is 8.85. The van der Waals surface area contributed by atoms with Crippen molar-refractivity contribution in [1.29, 1.82) is 0 Å². The van der Waals surface area contributed by atoms with Crippen molar-refractivity contribution in [2.45, 2.75) is 39.8 Å². The molecule has 0 aliphatic heterocycles. The van der Waals surface area contributed by atoms with E-state index in [0.717, 1.165) is 17.9 Å². The Hall–Kier alpha value is -1.35. The van der Waals surface area contributed by atoms with Gasteiger partial charge in [-0.05, 0) is 32.0 Å². The van der Waals surface area contributed by atoms with Gasteiger partial charge in [-0.1, -0.05) is 32.4 Å². The predicted octanol–water partition coefficient (Wildman–Crippen LogP) is 2.98. The summed E-state index contributed by atoms with van der Waals surface area (Å²) in [6.07, 6.45) is 1.19. The minimum absolute atomic E-state index is 0.492. The molecule has 0 aliphatic rings. The standard InChI is InChI=1S/C15H23N3/c1-5-11(2)14(16-4)10-18-12(3)17-13-8-6-7-9-15(13)18/h6-9,11,14,16H,5,10H2,1-4H3. The van der Waals surface area contributed by atoms with E-state index in [2.05, 4.69) is 53.8 Å². The van der Waals surface area contributed by atoms with E-state index in [1.54, 1.807) is 0 Å². The first-order valence-corrected chi connectivity index (χ1v) is 6.76. The largest absolute Gasteiger partial charge is 0.327 e. The number of aromatic nitrogens is 2. The van der Waals surface area contributed by atoms with Crippen LogP contribution in [0.1, 0.15) is 26.1 Å². The van der Waals surface area contributed by atoms with Crippen molar-refractivity contribution in [3.63, 3.8) is 0 Å². The van der Waals surface area contributed by atoms with E-state index in [1.807, 2.05) is 13.1 Å². The van der Waals surface area contributed by atoms with Gasteiger partial charge < -0.3 is 9.88 Å². The number of nitrogens with one attached hydrogen (secondary N) is 1. The zero-order valence-corrected chi connectivity index (χ0v) is 11.8. The lowest BCUT2D eigenvalue weighted by molar-refractivity contribution is 0.349. The maximum absolute atomic E-state index is 4.62. The Morgan fingerprint density at radius 3 is 2.72 bits per heavy atom. The lowest BCUT2D eigenvalue weighted by Gasteiger charge is -2.23. The predicted molar refractivity (Wildman–Crippen MR) is 76.8 cm³/mol. The van der Waals surface area contributed by atoms with Crippen molar-refractivity contribution >= 4 is 11.0 Å². The molecule has 2 unspecified atom stereocenters. The third-order valence-electron chi connectivity index (χ3n) is 3.93. The molecule has 2 aromatic rings. The summed E-state index contributed by atoms with van der Waals surface area (Å²) >= 11 is 0. The van der Waals surface area contributed by atoms with E-state index in [1.165, 1.54) is 11.9 Å². The van der Waals surface area contributed by atoms with E-state index in [4.69, 9.17) is 0 Å². The van der Waals surface area contributed by atoms with Gasteiger partial charge in [-0.25, -0.2) is 4.98 Å². The number of imidazole rings is 1. The number of hydrogen-bond donors (Lipinski definition) is 1. The van der Waals surface area contributed by atoms with Gasteiger partial charge in [0.25, 0.3) is 0 Å². The molecule has 3 nitrogen and oxygen atoms in total. The summed E-state index contributed by atoms with van der Waals surface area (Å²) in [4.78, 5) is 4.62. The van der Waals surface area contributed by atoms with Gasteiger partial charge in [0.2, 0.25) is 0 Å². The molecule has 0 spiro atoms. The molecular weight excluding hydrogens is 222 g/mol. The number of hydrogen-bond acceptors (Lipinski definition) is 2. The minimum atomic E-state index is 0.492. The smallest absolute Gasteiger partial charge is 0.106 e. The highest BCUT2D eigenvalue weighted by Crippen LogP contribution is 2.18. The maximum atomic E-state index is 4.62. The third-order valence-corrected chi connectivity index (χ3v) is 3.93. The second-order valence-corrected chi connectivity index (χ2v) is 5.04. The van der Waals surface area contributed by atoms with Crippen molar-refractivity contribution in [1.82, 2.24) is 14.9 Å². The second kappa shape index (κ2) is 5.53. The normalized spacial score (nSPS) is 14.9. The summed E-state index contributed by atoms with van der Waals surface area (Å²) in [5, 5.41) is 3.43. The summed E-state index contributed by atoms with van der Waals surface area (Å²) in [6.45, 7) is 7.62. The quantitative estimate of drug-likeness (QED) is 0.877. The van der Waals surface area contributed by atoms with Gasteiger partial charge in [0.05, 0.1) is 11.0 Å². The molecule has 1 aromatic carbocycles. The van der Waals surface area contributed by atoms with E-state index in [9.17, 15) is 0 Å². The fourth-order valence-electron chi connectivity index (χ4n) is 2.46. The first-order chi connectivity index (χ1) is 8.67. The van der Waals surface area contributed by atoms with Gasteiger partial charge in [0.15, 0.2) is 0 Å². The van der Waals surface area contributed by atoms with Crippen LogP contribution in [0, 0.1) is 12.8 Å². The molecule has 0 fully saturated rings. The third kappa shape index (κ3) is 2.41. The molecule has 0 amide bonds. The van der Waals surface area contributed by atoms with Crippen LogP contribution in [0.25, 0.3) is 11.0 Å². The molecule has 3 heteroatoms. The first kappa shape index (κ1) is 13.1. The van der Waals surface area contributed by atoms with Crippen LogP contribution in [0.2, 0.25) is 0 Å². The highest BCUT2D eigenvalue weighted by molar-refractivity contribution is 5.75. The zero-order chi connectivity index (χ0) is 13.1. The van der Waals surface area contributed by atoms with E-state index >= 15 is 0 Å². The van der Waals surface area contributed by atoms with Crippen LogP contribution in [0.4, 0.5) is 0 Å². The average molecular weight is 245 g/mol. The Bertz CT molecular complexity index is 515. The van der Waals surface area contributed by atoms with Gasteiger partial charge in [0, 0.05) is 12.6 Å². The Morgan fingerprint density at radius 2 is 2.06 bits per heavy atom. The molecule has 18 heavy (non-hydrogen) atoms. The number of para-hydroxylation sites is 2. The van der Waals surface area contributed by atoms with Gasteiger partial charge in [0.1, 0.15) is 5.82 Å². The molecule has 1 N–H and O–H groups in total. The average Bonchev–Trinajstić information content (AvgIpc) is 2.71. The summed E-state index contributed by atoms with van der Waals surface area (Å²) in [5.74, 6) is 1.76. The second-order valence-electron chi connectivity index (χ2n) is 5.04. The number of likely N-dealkylation sites (N-methyl/N-ethyl adjacent to an activating group) is 1. The number of aryl methyl sites for hydroxylation is 1. The Labute approximate surface area is 109 Å². The summed E-state index contributed by atoms with van der Waals surface area (Å²) in [5.41, 5.74) is 2.33. The monoisotopic (exact) mass is 245 g/mol. The zero-order valence-electron chi connectivity index (χ0n) is 11.8. The maximum Gasteiger partial charge on any atom is 0.106 e. The fraction of sp³-hybridized carbons (Fsp3) is 0.533. The van der Waals surface area contributed by atoms with Crippen LogP contribution < -0.4 is 5.32 Å². The molecule has 98 valence electrons. The lowest BCUT2D eigenvalue weighted by Crippen LogP contribution is -2.36. The number of benzene rings is 1. The number of fused-ring (bicyclic) bond motifs is 1. The molecule has 2 rings (SSSR count). The summed E-state index contributed by atoms with van der Waals surface area (Å²) < 4.78 is 2.32. The van der Waals surface area contributed by atoms with E-state index < -0.39 is 0 Å². The fourth-order valence-corrected chi connectivity index (χ4v) is 2.46. The van der Waals surface area contributed by atoms with Crippen LogP contribution in [-0.2, 0) is 6.54 Å². The molecule has 0 radical (unpaired) electrons. The molecule has 0 saturated heterocycles. The van der Waals surface area contributed by atoms with Crippen LogP contribution in [0.15, 0.2) is 24.3 Å². The van der Waals surface area contributed by atoms with Crippen LogP contribution in [-0.4, -0.2) is 22.6 Å². The Kier molecular flexibility index (Phi) is 4.02.